The number of nitrogens with zero attached hydrogens (tertiary/aromatic N) is 2. The summed E-state index contributed by atoms with van der Waals surface area (Å²) in [4.78, 5) is 17.7. The molecule has 1 aliphatic carbocycles. The second-order valence-corrected chi connectivity index (χ2v) is 12.7. The molecule has 1 atom stereocenters. The Hall–Kier alpha value is -1.48. The van der Waals surface area contributed by atoms with Gasteiger partial charge in [0.05, 0.1) is 0 Å². The molecule has 1 N–H and O–H groups in total. The average molecular weight is 502 g/mol. The molecule has 1 unspecified atom stereocenters. The van der Waals surface area contributed by atoms with Crippen LogP contribution in [0.2, 0.25) is 5.02 Å². The van der Waals surface area contributed by atoms with Crippen LogP contribution in [-0.4, -0.2) is 63.1 Å². The number of rotatable bonds is 5. The summed E-state index contributed by atoms with van der Waals surface area (Å²) in [5, 5.41) is 11.6. The number of aromatic hydroxyl groups is 1. The summed E-state index contributed by atoms with van der Waals surface area (Å²) in [5.74, 6) is 0.412. The predicted octanol–water partition coefficient (Wildman–Crippen LogP) is 4.34. The molecule has 4 rings (SSSR count). The standard InChI is InChI=1S/C25H31AsClN2O2/c1-16-12-17(2)23(31)22-20(16)14-25(3,4)24(22)26-21(30)15-28-8-10-29(11-9-28)19-7-5-6-18(27)13-19/h5-7,12-13,24,31H,8-11,14-15H2,1-4H3. The maximum atomic E-state index is 13.1. The Morgan fingerprint density at radius 1 is 1.16 bits per heavy atom. The molecule has 1 heterocycles. The van der Waals surface area contributed by atoms with Crippen LogP contribution in [0.25, 0.3) is 0 Å². The van der Waals surface area contributed by atoms with Crippen molar-refractivity contribution >= 4 is 37.6 Å². The van der Waals surface area contributed by atoms with Gasteiger partial charge in [-0.1, -0.05) is 0 Å². The molecule has 31 heavy (non-hydrogen) atoms. The van der Waals surface area contributed by atoms with Crippen LogP contribution in [0, 0.1) is 19.3 Å². The fraction of sp³-hybridized carbons (Fsp3) is 0.480. The Labute approximate surface area is 197 Å². The van der Waals surface area contributed by atoms with Crippen LogP contribution >= 0.6 is 11.6 Å². The van der Waals surface area contributed by atoms with Gasteiger partial charge in [-0.25, -0.2) is 0 Å². The van der Waals surface area contributed by atoms with E-state index < -0.39 is 15.8 Å². The number of carbonyl (C=O) groups excluding carboxylic acids is 1. The number of phenolic OH excluding ortho intramolecular Hbond substituents is 1. The number of fused-ring (bicyclic) bond motifs is 1. The van der Waals surface area contributed by atoms with E-state index in [0.717, 1.165) is 54.4 Å². The van der Waals surface area contributed by atoms with E-state index in [1.54, 1.807) is 0 Å². The second kappa shape index (κ2) is 8.81. The quantitative estimate of drug-likeness (QED) is 0.619. The number of anilines is 1. The Morgan fingerprint density at radius 2 is 1.87 bits per heavy atom. The molecule has 2 aliphatic rings. The average Bonchev–Trinajstić information content (AvgIpc) is 2.98. The summed E-state index contributed by atoms with van der Waals surface area (Å²) in [5.41, 5.74) is 5.64. The van der Waals surface area contributed by atoms with Gasteiger partial charge in [-0.15, -0.1) is 0 Å². The summed E-state index contributed by atoms with van der Waals surface area (Å²) in [7, 11) is 0. The molecule has 0 saturated carbocycles. The van der Waals surface area contributed by atoms with Crippen molar-refractivity contribution in [3.63, 3.8) is 0 Å². The van der Waals surface area contributed by atoms with Gasteiger partial charge in [0, 0.05) is 0 Å². The summed E-state index contributed by atoms with van der Waals surface area (Å²) in [6, 6.07) is 10.0. The van der Waals surface area contributed by atoms with Gasteiger partial charge in [0.2, 0.25) is 0 Å². The van der Waals surface area contributed by atoms with E-state index in [-0.39, 0.29) is 10.1 Å². The molecule has 0 bridgehead atoms. The molecular weight excluding hydrogens is 471 g/mol. The van der Waals surface area contributed by atoms with Crippen LogP contribution in [0.3, 0.4) is 0 Å². The predicted molar refractivity (Wildman–Crippen MR) is 129 cm³/mol. The molecule has 0 aromatic heterocycles. The Balaban J connectivity index is 1.40. The SMILES string of the molecule is Cc1cc(C)c2c(c1O)C([As]C(=O)CN1CCN(c3cccc(Cl)c3)CC1)C(C)(C)C2. The number of benzene rings is 2. The third-order valence-corrected chi connectivity index (χ3v) is 10.4. The van der Waals surface area contributed by atoms with E-state index in [9.17, 15) is 9.90 Å². The van der Waals surface area contributed by atoms with Gasteiger partial charge >= 0.3 is 198 Å². The van der Waals surface area contributed by atoms with E-state index >= 15 is 0 Å². The number of piperazine rings is 1. The zero-order valence-electron chi connectivity index (χ0n) is 18.8. The molecule has 1 fully saturated rings. The monoisotopic (exact) mass is 501 g/mol. The van der Waals surface area contributed by atoms with E-state index in [2.05, 4.69) is 42.7 Å². The van der Waals surface area contributed by atoms with Crippen molar-refractivity contribution in [3.8, 4) is 5.75 Å². The van der Waals surface area contributed by atoms with Crippen molar-refractivity contribution in [1.29, 1.82) is 0 Å². The van der Waals surface area contributed by atoms with Crippen LogP contribution in [0.15, 0.2) is 30.3 Å². The molecule has 6 heteroatoms. The Kier molecular flexibility index (Phi) is 6.45. The van der Waals surface area contributed by atoms with Crippen LogP contribution in [0.1, 0.15) is 40.8 Å². The van der Waals surface area contributed by atoms with Gasteiger partial charge in [-0.3, -0.25) is 0 Å². The molecule has 2 aromatic carbocycles. The molecule has 165 valence electrons. The van der Waals surface area contributed by atoms with E-state index in [4.69, 9.17) is 11.6 Å². The number of halogens is 1. The molecule has 1 saturated heterocycles. The van der Waals surface area contributed by atoms with Crippen molar-refractivity contribution in [3.05, 3.63) is 57.6 Å². The fourth-order valence-corrected chi connectivity index (χ4v) is 8.13. The van der Waals surface area contributed by atoms with Crippen LogP contribution in [0.4, 0.5) is 5.69 Å². The molecular formula is C25H31AsClN2O2. The van der Waals surface area contributed by atoms with Crippen LogP contribution in [0.5, 0.6) is 5.75 Å². The van der Waals surface area contributed by atoms with Crippen molar-refractivity contribution in [1.82, 2.24) is 4.90 Å². The number of hydrogen-bond acceptors (Lipinski definition) is 4. The number of phenols is 1. The second-order valence-electron chi connectivity index (χ2n) is 9.58. The first-order chi connectivity index (χ1) is 14.7. The molecule has 4 nitrogen and oxygen atoms in total. The zero-order chi connectivity index (χ0) is 22.3. The van der Waals surface area contributed by atoms with Gasteiger partial charge in [0.25, 0.3) is 0 Å². The molecule has 1 radical (unpaired) electrons. The third kappa shape index (κ3) is 4.67. The topological polar surface area (TPSA) is 43.8 Å². The Bertz CT molecular complexity index is 999. The fourth-order valence-electron chi connectivity index (χ4n) is 4.97. The van der Waals surface area contributed by atoms with E-state index in [1.807, 2.05) is 25.1 Å². The summed E-state index contributed by atoms with van der Waals surface area (Å²) < 4.78 is 0.523. The number of hydrogen-bond donors (Lipinski definition) is 1. The van der Waals surface area contributed by atoms with Crippen molar-refractivity contribution in [2.45, 2.75) is 38.8 Å². The first-order valence-corrected chi connectivity index (χ1v) is 13.3. The first-order valence-electron chi connectivity index (χ1n) is 10.9. The van der Waals surface area contributed by atoms with E-state index in [1.165, 1.54) is 11.1 Å². The van der Waals surface area contributed by atoms with Gasteiger partial charge in [-0.2, -0.15) is 0 Å². The zero-order valence-corrected chi connectivity index (χ0v) is 21.4. The molecule has 0 spiro atoms. The first kappa shape index (κ1) is 22.7. The minimum absolute atomic E-state index is 0.0132. The van der Waals surface area contributed by atoms with Gasteiger partial charge in [-0.05, 0) is 0 Å². The summed E-state index contributed by atoms with van der Waals surface area (Å²) in [6.45, 7) is 12.7. The normalized spacial score (nSPS) is 21.1. The van der Waals surface area contributed by atoms with Crippen LogP contribution < -0.4 is 4.90 Å². The Morgan fingerprint density at radius 3 is 2.55 bits per heavy atom. The van der Waals surface area contributed by atoms with Gasteiger partial charge < -0.3 is 0 Å². The number of aryl methyl sites for hydroxylation is 2. The summed E-state index contributed by atoms with van der Waals surface area (Å²) >= 11 is 5.59. The van der Waals surface area contributed by atoms with Crippen molar-refractivity contribution in [2.24, 2.45) is 5.41 Å². The van der Waals surface area contributed by atoms with Gasteiger partial charge in [0.1, 0.15) is 0 Å². The van der Waals surface area contributed by atoms with Crippen LogP contribution in [-0.2, 0) is 11.2 Å². The molecule has 1 aliphatic heterocycles. The molecule has 0 amide bonds. The van der Waals surface area contributed by atoms with Crippen molar-refractivity contribution in [2.75, 3.05) is 37.6 Å². The minimum atomic E-state index is -0.542. The van der Waals surface area contributed by atoms with E-state index in [0.29, 0.717) is 16.9 Å². The number of carbonyl (C=O) groups is 1. The maximum absolute atomic E-state index is 13.1. The molecule has 2 aromatic rings. The van der Waals surface area contributed by atoms with Crippen molar-refractivity contribution < 1.29 is 9.90 Å². The summed E-state index contributed by atoms with van der Waals surface area (Å²) in [6.07, 6.45) is 0.938. The third-order valence-electron chi connectivity index (χ3n) is 6.69. The van der Waals surface area contributed by atoms with Gasteiger partial charge in [0.15, 0.2) is 0 Å².